The van der Waals surface area contributed by atoms with Gasteiger partial charge in [-0.3, -0.25) is 9.69 Å². The second-order valence-electron chi connectivity index (χ2n) is 5.85. The summed E-state index contributed by atoms with van der Waals surface area (Å²) in [6.45, 7) is 6.17. The van der Waals surface area contributed by atoms with Gasteiger partial charge in [0.25, 0.3) is 0 Å². The Kier molecular flexibility index (Phi) is 6.26. The topological polar surface area (TPSA) is 53.0 Å². The van der Waals surface area contributed by atoms with Gasteiger partial charge in [-0.05, 0) is 39.2 Å². The first-order valence-corrected chi connectivity index (χ1v) is 8.01. The molecule has 1 N–H and O–H groups in total. The lowest BCUT2D eigenvalue weighted by molar-refractivity contribution is -0.138. The number of ether oxygens (including phenoxy) is 1. The maximum absolute atomic E-state index is 12.6. The summed E-state index contributed by atoms with van der Waals surface area (Å²) in [4.78, 5) is 16.7. The summed E-state index contributed by atoms with van der Waals surface area (Å²) < 4.78 is 5.26. The van der Waals surface area contributed by atoms with Crippen molar-refractivity contribution >= 4 is 5.91 Å². The quantitative estimate of drug-likeness (QED) is 0.786. The van der Waals surface area contributed by atoms with Crippen molar-refractivity contribution in [2.45, 2.75) is 51.2 Å². The minimum Gasteiger partial charge on any atom is -0.389 e. The molecule has 0 spiro atoms. The lowest BCUT2D eigenvalue weighted by Gasteiger charge is -2.37. The Morgan fingerprint density at radius 2 is 1.95 bits per heavy atom. The van der Waals surface area contributed by atoms with Crippen LogP contribution in [0.2, 0.25) is 0 Å². The van der Waals surface area contributed by atoms with Gasteiger partial charge in [0.2, 0.25) is 5.91 Å². The number of aliphatic hydroxyl groups is 1. The number of piperidine rings is 1. The number of carbonyl (C=O) groups is 1. The Morgan fingerprint density at radius 3 is 2.65 bits per heavy atom. The van der Waals surface area contributed by atoms with E-state index in [1.54, 1.807) is 0 Å². The summed E-state index contributed by atoms with van der Waals surface area (Å²) in [5.41, 5.74) is 0. The van der Waals surface area contributed by atoms with Gasteiger partial charge in [-0.25, -0.2) is 0 Å². The zero-order valence-corrected chi connectivity index (χ0v) is 12.6. The summed E-state index contributed by atoms with van der Waals surface area (Å²) in [7, 11) is 0. The van der Waals surface area contributed by atoms with Crippen molar-refractivity contribution in [2.75, 3.05) is 39.4 Å². The molecule has 116 valence electrons. The molecule has 0 aromatic carbocycles. The fourth-order valence-corrected chi connectivity index (χ4v) is 3.21. The molecule has 0 radical (unpaired) electrons. The van der Waals surface area contributed by atoms with Gasteiger partial charge in [0.15, 0.2) is 0 Å². The van der Waals surface area contributed by atoms with E-state index in [4.69, 9.17) is 4.74 Å². The highest BCUT2D eigenvalue weighted by atomic mass is 16.5. The van der Waals surface area contributed by atoms with E-state index in [1.807, 2.05) is 11.8 Å². The largest absolute Gasteiger partial charge is 0.389 e. The third-order valence-electron chi connectivity index (χ3n) is 4.28. The maximum Gasteiger partial charge on any atom is 0.239 e. The highest BCUT2D eigenvalue weighted by molar-refractivity contribution is 5.82. The van der Waals surface area contributed by atoms with Crippen LogP contribution in [0.25, 0.3) is 0 Å². The molecule has 2 heterocycles. The third kappa shape index (κ3) is 4.17. The molecule has 0 bridgehead atoms. The van der Waals surface area contributed by atoms with Crippen molar-refractivity contribution in [3.63, 3.8) is 0 Å². The van der Waals surface area contributed by atoms with E-state index in [9.17, 15) is 9.90 Å². The minimum atomic E-state index is -0.498. The summed E-state index contributed by atoms with van der Waals surface area (Å²) in [6, 6.07) is -0.0295. The fourth-order valence-electron chi connectivity index (χ4n) is 3.21. The number of hydrogen-bond donors (Lipinski definition) is 1. The van der Waals surface area contributed by atoms with Gasteiger partial charge in [-0.15, -0.1) is 0 Å². The molecule has 2 rings (SSSR count). The Balaban J connectivity index is 1.88. The highest BCUT2D eigenvalue weighted by Gasteiger charge is 2.33. The molecule has 1 amide bonds. The zero-order chi connectivity index (χ0) is 14.4. The Bertz CT molecular complexity index is 305. The predicted molar refractivity (Wildman–Crippen MR) is 77.5 cm³/mol. The number of likely N-dealkylation sites (tertiary alicyclic amines) is 2. The van der Waals surface area contributed by atoms with Crippen LogP contribution in [0.15, 0.2) is 0 Å². The smallest absolute Gasteiger partial charge is 0.239 e. The van der Waals surface area contributed by atoms with Crippen LogP contribution in [0, 0.1) is 0 Å². The van der Waals surface area contributed by atoms with E-state index < -0.39 is 6.10 Å². The van der Waals surface area contributed by atoms with Crippen LogP contribution in [0.4, 0.5) is 0 Å². The van der Waals surface area contributed by atoms with Crippen molar-refractivity contribution in [2.24, 2.45) is 0 Å². The first kappa shape index (κ1) is 15.7. The molecule has 5 nitrogen and oxygen atoms in total. The number of hydrogen-bond acceptors (Lipinski definition) is 4. The van der Waals surface area contributed by atoms with Crippen LogP contribution in [0.3, 0.4) is 0 Å². The molecule has 2 aliphatic heterocycles. The van der Waals surface area contributed by atoms with Crippen LogP contribution in [0.1, 0.15) is 39.0 Å². The summed E-state index contributed by atoms with van der Waals surface area (Å²) in [5.74, 6) is 0.269. The highest BCUT2D eigenvalue weighted by Crippen LogP contribution is 2.21. The number of aliphatic hydroxyl groups excluding tert-OH is 1. The second-order valence-corrected chi connectivity index (χ2v) is 5.85. The van der Waals surface area contributed by atoms with E-state index in [0.29, 0.717) is 19.8 Å². The van der Waals surface area contributed by atoms with Gasteiger partial charge < -0.3 is 14.7 Å². The van der Waals surface area contributed by atoms with Gasteiger partial charge >= 0.3 is 0 Å². The third-order valence-corrected chi connectivity index (χ3v) is 4.28. The number of β-amino-alcohol motifs (C(OH)–C–C–N with tert-alkyl or cyclic N) is 1. The molecular formula is C15H28N2O3. The van der Waals surface area contributed by atoms with Crippen molar-refractivity contribution < 1.29 is 14.6 Å². The van der Waals surface area contributed by atoms with Crippen LogP contribution >= 0.6 is 0 Å². The van der Waals surface area contributed by atoms with E-state index >= 15 is 0 Å². The van der Waals surface area contributed by atoms with Gasteiger partial charge in [0, 0.05) is 26.2 Å². The predicted octanol–water partition coefficient (Wildman–Crippen LogP) is 0.861. The van der Waals surface area contributed by atoms with Crippen molar-refractivity contribution in [3.8, 4) is 0 Å². The van der Waals surface area contributed by atoms with E-state index in [-0.39, 0.29) is 11.9 Å². The summed E-state index contributed by atoms with van der Waals surface area (Å²) in [5, 5.41) is 10.0. The van der Waals surface area contributed by atoms with Crippen LogP contribution in [-0.2, 0) is 9.53 Å². The second kappa shape index (κ2) is 7.96. The molecule has 2 saturated heterocycles. The van der Waals surface area contributed by atoms with E-state index in [0.717, 1.165) is 51.7 Å². The van der Waals surface area contributed by atoms with Gasteiger partial charge in [0.05, 0.1) is 18.8 Å². The zero-order valence-electron chi connectivity index (χ0n) is 12.6. The van der Waals surface area contributed by atoms with Crippen LogP contribution in [0.5, 0.6) is 0 Å². The van der Waals surface area contributed by atoms with Crippen molar-refractivity contribution in [1.29, 1.82) is 0 Å². The molecule has 0 unspecified atom stereocenters. The molecule has 2 fully saturated rings. The number of nitrogens with zero attached hydrogens (tertiary/aromatic N) is 2. The normalized spacial score (nSPS) is 25.9. The summed E-state index contributed by atoms with van der Waals surface area (Å²) in [6.07, 6.45) is 4.92. The molecule has 2 aliphatic rings. The van der Waals surface area contributed by atoms with E-state index in [2.05, 4.69) is 4.90 Å². The fraction of sp³-hybridized carbons (Fsp3) is 0.933. The average molecular weight is 284 g/mol. The molecule has 0 aromatic rings. The molecule has 2 atom stereocenters. The molecule has 0 aromatic heterocycles. The number of carbonyl (C=O) groups excluding carboxylic acids is 1. The first-order valence-electron chi connectivity index (χ1n) is 8.01. The number of amides is 1. The maximum atomic E-state index is 12.6. The lowest BCUT2D eigenvalue weighted by atomic mass is 10.0. The lowest BCUT2D eigenvalue weighted by Crippen LogP contribution is -2.52. The van der Waals surface area contributed by atoms with Crippen LogP contribution < -0.4 is 0 Å². The standard InChI is InChI=1S/C15H28N2O3/c1-2-20-12-13(18)11-17-10-4-3-7-14(17)15(19)16-8-5-6-9-16/h13-14,18H,2-12H2,1H3/t13-,14-/m1/s1. The molecule has 0 saturated carbocycles. The molecular weight excluding hydrogens is 256 g/mol. The number of rotatable bonds is 6. The minimum absolute atomic E-state index is 0.0295. The Labute approximate surface area is 121 Å². The van der Waals surface area contributed by atoms with E-state index in [1.165, 1.54) is 0 Å². The van der Waals surface area contributed by atoms with Gasteiger partial charge in [-0.1, -0.05) is 6.42 Å². The van der Waals surface area contributed by atoms with Gasteiger partial charge in [-0.2, -0.15) is 0 Å². The monoisotopic (exact) mass is 284 g/mol. The molecule has 5 heteroatoms. The van der Waals surface area contributed by atoms with Gasteiger partial charge in [0.1, 0.15) is 0 Å². The average Bonchev–Trinajstić information content (AvgIpc) is 2.99. The first-order chi connectivity index (χ1) is 9.72. The van der Waals surface area contributed by atoms with Crippen molar-refractivity contribution in [1.82, 2.24) is 9.80 Å². The SMILES string of the molecule is CCOC[C@H](O)CN1CCCC[C@@H]1C(=O)N1CCCC1. The Hall–Kier alpha value is -0.650. The molecule has 0 aliphatic carbocycles. The Morgan fingerprint density at radius 1 is 1.25 bits per heavy atom. The van der Waals surface area contributed by atoms with Crippen LogP contribution in [-0.4, -0.2) is 72.4 Å². The summed E-state index contributed by atoms with van der Waals surface area (Å²) >= 11 is 0. The molecule has 20 heavy (non-hydrogen) atoms. The van der Waals surface area contributed by atoms with Crippen molar-refractivity contribution in [3.05, 3.63) is 0 Å².